The molecule has 248 valence electrons. The van der Waals surface area contributed by atoms with Crippen molar-refractivity contribution in [1.29, 1.82) is 0 Å². The van der Waals surface area contributed by atoms with Gasteiger partial charge in [0.2, 0.25) is 0 Å². The van der Waals surface area contributed by atoms with E-state index in [1.54, 1.807) is 24.3 Å². The molecule has 1 aliphatic heterocycles. The normalized spacial score (nSPS) is 14.8. The first-order chi connectivity index (χ1) is 22.1. The number of benzene rings is 3. The fraction of sp³-hybridized carbons (Fsp3) is 0.474. The lowest BCUT2D eigenvalue weighted by atomic mass is 9.93. The van der Waals surface area contributed by atoms with Crippen LogP contribution in [0.2, 0.25) is 0 Å². The SMILES string of the molecule is CCCN(CCC)C(=O)c1cc(C(=O)N[C@@H](Cc2ccccc2)[C@H](O)CNC(C)(C)c2cccc(O)c2)cc(N2CCCCC2)c1. The average molecular weight is 629 g/mol. The van der Waals surface area contributed by atoms with Crippen LogP contribution in [0, 0.1) is 0 Å². The zero-order chi connectivity index (χ0) is 33.1. The van der Waals surface area contributed by atoms with Crippen molar-refractivity contribution in [3.05, 3.63) is 95.1 Å². The Hall–Kier alpha value is -3.88. The van der Waals surface area contributed by atoms with E-state index in [-0.39, 0.29) is 24.1 Å². The first-order valence-corrected chi connectivity index (χ1v) is 16.9. The molecule has 0 saturated carbocycles. The van der Waals surface area contributed by atoms with Crippen LogP contribution in [0.5, 0.6) is 5.75 Å². The molecule has 3 aromatic rings. The van der Waals surface area contributed by atoms with E-state index in [1.807, 2.05) is 67.3 Å². The van der Waals surface area contributed by atoms with Crippen LogP contribution in [0.25, 0.3) is 0 Å². The number of aliphatic hydroxyl groups excluding tert-OH is 1. The van der Waals surface area contributed by atoms with Crippen molar-refractivity contribution < 1.29 is 19.8 Å². The van der Waals surface area contributed by atoms with Crippen LogP contribution in [0.1, 0.15) is 91.6 Å². The smallest absolute Gasteiger partial charge is 0.253 e. The van der Waals surface area contributed by atoms with Crippen molar-refractivity contribution in [3.63, 3.8) is 0 Å². The van der Waals surface area contributed by atoms with Gasteiger partial charge in [0.15, 0.2) is 0 Å². The number of carbonyl (C=O) groups is 2. The number of piperidine rings is 1. The molecule has 0 unspecified atom stereocenters. The number of anilines is 1. The fourth-order valence-electron chi connectivity index (χ4n) is 6.14. The molecule has 2 atom stereocenters. The second-order valence-corrected chi connectivity index (χ2v) is 13.0. The van der Waals surface area contributed by atoms with Gasteiger partial charge in [-0.15, -0.1) is 0 Å². The summed E-state index contributed by atoms with van der Waals surface area (Å²) in [6.07, 6.45) is 4.57. The summed E-state index contributed by atoms with van der Waals surface area (Å²) < 4.78 is 0. The molecule has 4 rings (SSSR count). The summed E-state index contributed by atoms with van der Waals surface area (Å²) in [5.41, 5.74) is 3.16. The average Bonchev–Trinajstić information content (AvgIpc) is 3.07. The van der Waals surface area contributed by atoms with Crippen LogP contribution < -0.4 is 15.5 Å². The van der Waals surface area contributed by atoms with Crippen LogP contribution >= 0.6 is 0 Å². The number of carbonyl (C=O) groups excluding carboxylic acids is 2. The molecule has 1 heterocycles. The molecule has 3 aromatic carbocycles. The molecule has 0 aliphatic carbocycles. The molecular weight excluding hydrogens is 576 g/mol. The first kappa shape index (κ1) is 35.0. The summed E-state index contributed by atoms with van der Waals surface area (Å²) in [4.78, 5) is 31.9. The number of aromatic hydroxyl groups is 1. The largest absolute Gasteiger partial charge is 0.508 e. The molecule has 46 heavy (non-hydrogen) atoms. The van der Waals surface area contributed by atoms with E-state index >= 15 is 0 Å². The molecule has 1 aliphatic rings. The molecule has 0 radical (unpaired) electrons. The maximum Gasteiger partial charge on any atom is 0.253 e. The summed E-state index contributed by atoms with van der Waals surface area (Å²) in [5.74, 6) is -0.201. The number of nitrogens with zero attached hydrogens (tertiary/aromatic N) is 2. The van der Waals surface area contributed by atoms with Crippen LogP contribution in [-0.2, 0) is 12.0 Å². The Labute approximate surface area is 274 Å². The van der Waals surface area contributed by atoms with Crippen molar-refractivity contribution in [2.75, 3.05) is 37.6 Å². The zero-order valence-corrected chi connectivity index (χ0v) is 28.0. The molecule has 8 nitrogen and oxygen atoms in total. The van der Waals surface area contributed by atoms with Gasteiger partial charge in [-0.3, -0.25) is 9.59 Å². The number of amides is 2. The first-order valence-electron chi connectivity index (χ1n) is 16.9. The highest BCUT2D eigenvalue weighted by Gasteiger charge is 2.28. The standard InChI is InChI=1S/C38H52N4O4/c1-5-18-42(19-6-2)37(46)30-23-29(24-32(25-30)41-20-11-8-12-21-41)36(45)40-34(22-28-14-9-7-10-15-28)35(44)27-39-38(3,4)31-16-13-17-33(43)26-31/h7,9-10,13-17,23-26,34-35,39,43-44H,5-6,8,11-12,18-22,27H2,1-4H3,(H,40,45)/t34-,35+/m0/s1. The van der Waals surface area contributed by atoms with Crippen LogP contribution in [0.4, 0.5) is 5.69 Å². The maximum atomic E-state index is 14.0. The van der Waals surface area contributed by atoms with Crippen molar-refractivity contribution in [2.45, 2.75) is 83.9 Å². The summed E-state index contributed by atoms with van der Waals surface area (Å²) in [6, 6.07) is 21.8. The Bertz CT molecular complexity index is 1420. The van der Waals surface area contributed by atoms with E-state index in [1.165, 1.54) is 6.42 Å². The molecule has 4 N–H and O–H groups in total. The van der Waals surface area contributed by atoms with Gasteiger partial charge in [-0.25, -0.2) is 0 Å². The molecule has 2 amide bonds. The van der Waals surface area contributed by atoms with Crippen molar-refractivity contribution in [3.8, 4) is 5.75 Å². The lowest BCUT2D eigenvalue weighted by Crippen LogP contribution is -2.51. The van der Waals surface area contributed by atoms with Crippen molar-refractivity contribution >= 4 is 17.5 Å². The van der Waals surface area contributed by atoms with E-state index in [9.17, 15) is 19.8 Å². The number of hydrogen-bond acceptors (Lipinski definition) is 6. The van der Waals surface area contributed by atoms with Gasteiger partial charge in [-0.05, 0) is 93.8 Å². The topological polar surface area (TPSA) is 105 Å². The minimum Gasteiger partial charge on any atom is -0.508 e. The lowest BCUT2D eigenvalue weighted by molar-refractivity contribution is 0.0755. The van der Waals surface area contributed by atoms with Crippen LogP contribution in [0.3, 0.4) is 0 Å². The third-order valence-corrected chi connectivity index (χ3v) is 8.82. The number of aliphatic hydroxyl groups is 1. The Morgan fingerprint density at radius 1 is 0.891 bits per heavy atom. The minimum atomic E-state index is -0.920. The fourth-order valence-corrected chi connectivity index (χ4v) is 6.14. The number of phenolic OH excluding ortho intramolecular Hbond substituents is 1. The van der Waals surface area contributed by atoms with Gasteiger partial charge >= 0.3 is 0 Å². The highest BCUT2D eigenvalue weighted by Crippen LogP contribution is 2.26. The van der Waals surface area contributed by atoms with Gasteiger partial charge in [-0.2, -0.15) is 0 Å². The highest BCUT2D eigenvalue weighted by atomic mass is 16.3. The van der Waals surface area contributed by atoms with Crippen molar-refractivity contribution in [2.24, 2.45) is 0 Å². The number of rotatable bonds is 15. The van der Waals surface area contributed by atoms with Gasteiger partial charge in [0, 0.05) is 55.1 Å². The predicted molar refractivity (Wildman–Crippen MR) is 186 cm³/mol. The zero-order valence-electron chi connectivity index (χ0n) is 28.0. The molecular formula is C38H52N4O4. The molecule has 0 bridgehead atoms. The summed E-state index contributed by atoms with van der Waals surface area (Å²) in [7, 11) is 0. The minimum absolute atomic E-state index is 0.0594. The Balaban J connectivity index is 1.61. The van der Waals surface area contributed by atoms with Gasteiger partial charge < -0.3 is 30.6 Å². The van der Waals surface area contributed by atoms with E-state index in [0.717, 1.165) is 55.6 Å². The second kappa shape index (κ2) is 16.6. The Kier molecular flexibility index (Phi) is 12.6. The van der Waals surface area contributed by atoms with E-state index in [2.05, 4.69) is 29.4 Å². The van der Waals surface area contributed by atoms with Gasteiger partial charge in [0.1, 0.15) is 5.75 Å². The van der Waals surface area contributed by atoms with E-state index in [0.29, 0.717) is 30.6 Å². The van der Waals surface area contributed by atoms with Crippen molar-refractivity contribution in [1.82, 2.24) is 15.5 Å². The third-order valence-electron chi connectivity index (χ3n) is 8.82. The maximum absolute atomic E-state index is 14.0. The summed E-state index contributed by atoms with van der Waals surface area (Å²) >= 11 is 0. The summed E-state index contributed by atoms with van der Waals surface area (Å²) in [5, 5.41) is 28.1. The molecule has 0 spiro atoms. The molecule has 1 saturated heterocycles. The van der Waals surface area contributed by atoms with E-state index < -0.39 is 17.7 Å². The summed E-state index contributed by atoms with van der Waals surface area (Å²) in [6.45, 7) is 11.4. The quantitative estimate of drug-likeness (QED) is 0.168. The molecule has 8 heteroatoms. The third kappa shape index (κ3) is 9.56. The molecule has 0 aromatic heterocycles. The van der Waals surface area contributed by atoms with Gasteiger partial charge in [0.05, 0.1) is 12.1 Å². The monoisotopic (exact) mass is 628 g/mol. The Morgan fingerprint density at radius 2 is 1.57 bits per heavy atom. The predicted octanol–water partition coefficient (Wildman–Crippen LogP) is 5.87. The molecule has 1 fully saturated rings. The van der Waals surface area contributed by atoms with Gasteiger partial charge in [-0.1, -0.05) is 56.3 Å². The second-order valence-electron chi connectivity index (χ2n) is 13.0. The van der Waals surface area contributed by atoms with Crippen LogP contribution in [0.15, 0.2) is 72.8 Å². The van der Waals surface area contributed by atoms with Gasteiger partial charge in [0.25, 0.3) is 11.8 Å². The number of phenols is 1. The van der Waals surface area contributed by atoms with Crippen LogP contribution in [-0.4, -0.2) is 71.8 Å². The number of hydrogen-bond donors (Lipinski definition) is 4. The Morgan fingerprint density at radius 3 is 2.22 bits per heavy atom. The highest BCUT2D eigenvalue weighted by molar-refractivity contribution is 6.01. The number of nitrogens with one attached hydrogen (secondary N) is 2. The lowest BCUT2D eigenvalue weighted by Gasteiger charge is -2.32. The van der Waals surface area contributed by atoms with E-state index in [4.69, 9.17) is 0 Å².